The Morgan fingerprint density at radius 3 is 2.79 bits per heavy atom. The smallest absolute Gasteiger partial charge is 0.325 e. The predicted molar refractivity (Wildman–Crippen MR) is 125 cm³/mol. The highest BCUT2D eigenvalue weighted by Gasteiger charge is 2.55. The molecule has 7 nitrogen and oxygen atoms in total. The lowest BCUT2D eigenvalue weighted by atomic mass is 9.84. The van der Waals surface area contributed by atoms with Crippen molar-refractivity contribution < 1.29 is 19.1 Å². The number of nitrogens with zero attached hydrogens (tertiary/aromatic N) is 2. The number of thiophene rings is 1. The zero-order valence-electron chi connectivity index (χ0n) is 18.6. The minimum Gasteiger partial charge on any atom is -0.493 e. The van der Waals surface area contributed by atoms with Crippen molar-refractivity contribution in [2.45, 2.75) is 38.8 Å². The Kier molecular flexibility index (Phi) is 5.32. The van der Waals surface area contributed by atoms with E-state index in [1.807, 2.05) is 38.1 Å². The number of carbonyl (C=O) groups is 3. The van der Waals surface area contributed by atoms with E-state index in [0.717, 1.165) is 29.3 Å². The van der Waals surface area contributed by atoms with Crippen molar-refractivity contribution in [2.24, 2.45) is 0 Å². The Balaban J connectivity index is 1.36. The summed E-state index contributed by atoms with van der Waals surface area (Å²) in [6, 6.07) is 12.7. The van der Waals surface area contributed by atoms with Crippen LogP contribution in [0.15, 0.2) is 47.8 Å². The molecule has 3 amide bonds. The van der Waals surface area contributed by atoms with Crippen molar-refractivity contribution in [3.63, 3.8) is 0 Å². The van der Waals surface area contributed by atoms with Crippen LogP contribution in [0.2, 0.25) is 0 Å². The van der Waals surface area contributed by atoms with Crippen LogP contribution < -0.4 is 10.1 Å². The third kappa shape index (κ3) is 3.54. The van der Waals surface area contributed by atoms with Gasteiger partial charge in [0.25, 0.3) is 5.91 Å². The molecule has 1 N–H and O–H groups in total. The van der Waals surface area contributed by atoms with E-state index in [0.29, 0.717) is 29.9 Å². The molecule has 170 valence electrons. The summed E-state index contributed by atoms with van der Waals surface area (Å²) in [5.41, 5.74) is 1.85. The van der Waals surface area contributed by atoms with Gasteiger partial charge in [-0.05, 0) is 43.8 Å². The van der Waals surface area contributed by atoms with E-state index in [2.05, 4.69) is 21.3 Å². The average Bonchev–Trinajstić information content (AvgIpc) is 3.48. The van der Waals surface area contributed by atoms with Gasteiger partial charge in [0.15, 0.2) is 11.3 Å². The summed E-state index contributed by atoms with van der Waals surface area (Å²) in [6.45, 7) is 4.69. The van der Waals surface area contributed by atoms with Crippen molar-refractivity contribution in [3.8, 4) is 5.75 Å². The van der Waals surface area contributed by atoms with E-state index < -0.39 is 17.5 Å². The molecule has 1 saturated heterocycles. The number of benzene rings is 1. The van der Waals surface area contributed by atoms with Crippen molar-refractivity contribution in [1.82, 2.24) is 14.8 Å². The predicted octanol–water partition coefficient (Wildman–Crippen LogP) is 3.82. The number of hydrogen-bond donors (Lipinski definition) is 1. The highest BCUT2D eigenvalue weighted by Crippen LogP contribution is 2.41. The van der Waals surface area contributed by atoms with Gasteiger partial charge in [-0.25, -0.2) is 4.79 Å². The van der Waals surface area contributed by atoms with Crippen molar-refractivity contribution in [1.29, 1.82) is 0 Å². The fraction of sp³-hybridized carbons (Fsp3) is 0.320. The Hall–Kier alpha value is -3.39. The minimum atomic E-state index is -1.18. The van der Waals surface area contributed by atoms with Crippen LogP contribution in [-0.2, 0) is 23.3 Å². The van der Waals surface area contributed by atoms with Gasteiger partial charge in [-0.15, -0.1) is 11.3 Å². The first-order valence-corrected chi connectivity index (χ1v) is 11.9. The van der Waals surface area contributed by atoms with E-state index in [1.165, 1.54) is 4.88 Å². The van der Waals surface area contributed by atoms with Crippen LogP contribution in [0.4, 0.5) is 4.79 Å². The molecule has 4 heterocycles. The van der Waals surface area contributed by atoms with Gasteiger partial charge in [0, 0.05) is 40.4 Å². The van der Waals surface area contributed by atoms with Gasteiger partial charge in [0.2, 0.25) is 0 Å². The maximum absolute atomic E-state index is 13.4. The Bertz CT molecular complexity index is 1250. The van der Waals surface area contributed by atoms with E-state index in [1.54, 1.807) is 23.5 Å². The first-order valence-electron chi connectivity index (χ1n) is 11.0. The van der Waals surface area contributed by atoms with E-state index in [-0.39, 0.29) is 12.3 Å². The number of fused-ring (bicyclic) bond motifs is 2. The lowest BCUT2D eigenvalue weighted by molar-refractivity contribution is -0.132. The Labute approximate surface area is 196 Å². The summed E-state index contributed by atoms with van der Waals surface area (Å²) in [5.74, 6) is -0.0608. The number of Topliss-reactive ketones (excluding diaryl/α,β-unsaturated/α-hetero) is 1. The fourth-order valence-corrected chi connectivity index (χ4v) is 5.55. The number of nitrogens with one attached hydrogen (secondary N) is 1. The van der Waals surface area contributed by atoms with Crippen LogP contribution in [0, 0.1) is 13.8 Å². The second-order valence-corrected chi connectivity index (χ2v) is 9.54. The van der Waals surface area contributed by atoms with Gasteiger partial charge in [-0.3, -0.25) is 14.5 Å². The number of rotatable bonds is 6. The molecule has 8 heteroatoms. The molecule has 1 atom stereocenters. The van der Waals surface area contributed by atoms with Gasteiger partial charge >= 0.3 is 6.03 Å². The summed E-state index contributed by atoms with van der Waals surface area (Å²) in [5, 5.41) is 4.91. The zero-order valence-corrected chi connectivity index (χ0v) is 19.4. The number of ether oxygens (including phenoxy) is 1. The molecule has 2 aromatic heterocycles. The SMILES string of the molecule is Cc1cc(C(=O)CN2C(=O)N[C@@]3(CCOc4ccccc43)C2=O)c(C)n1CCc1cccs1. The molecule has 3 aromatic rings. The standard InChI is InChI=1S/C25H25N3O4S/c1-16-14-19(17(2)27(16)11-9-18-6-5-13-33-18)21(29)15-28-23(30)25(26-24(28)31)10-12-32-22-8-4-3-7-20(22)25/h3-8,13-14H,9-12,15H2,1-2H3,(H,26,31)/t25-/m1/s1. The summed E-state index contributed by atoms with van der Waals surface area (Å²) in [4.78, 5) is 41.8. The van der Waals surface area contributed by atoms with Gasteiger partial charge in [-0.2, -0.15) is 0 Å². The monoisotopic (exact) mass is 463 g/mol. The normalized spacial score (nSPS) is 19.5. The number of aromatic nitrogens is 1. The molecule has 0 bridgehead atoms. The first kappa shape index (κ1) is 21.5. The number of urea groups is 1. The number of ketones is 1. The highest BCUT2D eigenvalue weighted by atomic mass is 32.1. The van der Waals surface area contributed by atoms with Gasteiger partial charge in [0.1, 0.15) is 5.75 Å². The number of hydrogen-bond acceptors (Lipinski definition) is 5. The number of imide groups is 1. The molecule has 0 saturated carbocycles. The van der Waals surface area contributed by atoms with E-state index >= 15 is 0 Å². The second-order valence-electron chi connectivity index (χ2n) is 8.51. The van der Waals surface area contributed by atoms with Gasteiger partial charge in [-0.1, -0.05) is 24.3 Å². The second kappa shape index (κ2) is 8.19. The Morgan fingerprint density at radius 2 is 2.00 bits per heavy atom. The molecule has 2 aliphatic heterocycles. The number of amides is 3. The maximum Gasteiger partial charge on any atom is 0.325 e. The average molecular weight is 464 g/mol. The maximum atomic E-state index is 13.4. The molecular weight excluding hydrogens is 438 g/mol. The van der Waals surface area contributed by atoms with Crippen molar-refractivity contribution in [3.05, 3.63) is 75.2 Å². The topological polar surface area (TPSA) is 80.6 Å². The summed E-state index contributed by atoms with van der Waals surface area (Å²) >= 11 is 1.72. The molecule has 0 unspecified atom stereocenters. The lowest BCUT2D eigenvalue weighted by Crippen LogP contribution is -2.47. The largest absolute Gasteiger partial charge is 0.493 e. The first-order chi connectivity index (χ1) is 15.9. The zero-order chi connectivity index (χ0) is 23.2. The van der Waals surface area contributed by atoms with Crippen molar-refractivity contribution >= 4 is 29.1 Å². The molecule has 1 fully saturated rings. The number of carbonyl (C=O) groups excluding carboxylic acids is 3. The quantitative estimate of drug-likeness (QED) is 0.445. The fourth-order valence-electron chi connectivity index (χ4n) is 4.85. The van der Waals surface area contributed by atoms with E-state index in [9.17, 15) is 14.4 Å². The third-order valence-corrected chi connectivity index (χ3v) is 7.53. The lowest BCUT2D eigenvalue weighted by Gasteiger charge is -2.33. The Morgan fingerprint density at radius 1 is 1.18 bits per heavy atom. The van der Waals surface area contributed by atoms with Crippen LogP contribution in [0.3, 0.4) is 0 Å². The third-order valence-electron chi connectivity index (χ3n) is 6.59. The molecule has 2 aliphatic rings. The van der Waals surface area contributed by atoms with Gasteiger partial charge < -0.3 is 14.6 Å². The van der Waals surface area contributed by atoms with Gasteiger partial charge in [0.05, 0.1) is 13.2 Å². The van der Waals surface area contributed by atoms with Crippen molar-refractivity contribution in [2.75, 3.05) is 13.2 Å². The van der Waals surface area contributed by atoms with Crippen LogP contribution >= 0.6 is 11.3 Å². The molecular formula is C25H25N3O4S. The minimum absolute atomic E-state index is 0.244. The molecule has 0 aliphatic carbocycles. The van der Waals surface area contributed by atoms with Crippen LogP contribution in [-0.4, -0.2) is 40.3 Å². The van der Waals surface area contributed by atoms with Crippen LogP contribution in [0.1, 0.15) is 38.6 Å². The molecule has 0 radical (unpaired) electrons. The summed E-state index contributed by atoms with van der Waals surface area (Å²) < 4.78 is 7.79. The highest BCUT2D eigenvalue weighted by molar-refractivity contribution is 7.09. The number of aryl methyl sites for hydroxylation is 2. The number of para-hydroxylation sites is 1. The molecule has 1 spiro atoms. The molecule has 33 heavy (non-hydrogen) atoms. The molecule has 1 aromatic carbocycles. The summed E-state index contributed by atoms with van der Waals surface area (Å²) in [6.07, 6.45) is 1.22. The van der Waals surface area contributed by atoms with Crippen LogP contribution in [0.25, 0.3) is 0 Å². The van der Waals surface area contributed by atoms with Crippen LogP contribution in [0.5, 0.6) is 5.75 Å². The molecule has 5 rings (SSSR count). The summed E-state index contributed by atoms with van der Waals surface area (Å²) in [7, 11) is 0. The van der Waals surface area contributed by atoms with E-state index in [4.69, 9.17) is 4.74 Å².